The second kappa shape index (κ2) is 4.11. The number of fused-ring (bicyclic) bond motifs is 1. The van der Waals surface area contributed by atoms with Gasteiger partial charge in [-0.3, -0.25) is 5.10 Å². The molecule has 1 aromatic heterocycles. The number of ether oxygens (including phenoxy) is 1. The lowest BCUT2D eigenvalue weighted by atomic mass is 10.1. The molecule has 0 radical (unpaired) electrons. The topological polar surface area (TPSA) is 84.1 Å². The summed E-state index contributed by atoms with van der Waals surface area (Å²) in [5.41, 5.74) is 0.851. The van der Waals surface area contributed by atoms with Gasteiger partial charge in [-0.1, -0.05) is 18.2 Å². The molecule has 2 heterocycles. The number of sulfonamides is 1. The van der Waals surface area contributed by atoms with Crippen molar-refractivity contribution in [2.75, 3.05) is 6.61 Å². The van der Waals surface area contributed by atoms with Crippen LogP contribution in [0.25, 0.3) is 0 Å². The fourth-order valence-corrected chi connectivity index (χ4v) is 3.01. The molecule has 0 spiro atoms. The van der Waals surface area contributed by atoms with E-state index in [9.17, 15) is 8.42 Å². The van der Waals surface area contributed by atoms with Crippen LogP contribution in [-0.2, 0) is 10.0 Å². The van der Waals surface area contributed by atoms with Gasteiger partial charge in [0.25, 0.3) is 0 Å². The van der Waals surface area contributed by atoms with Crippen LogP contribution in [0.5, 0.6) is 5.75 Å². The third kappa shape index (κ3) is 1.87. The normalized spacial score (nSPS) is 18.3. The van der Waals surface area contributed by atoms with E-state index in [0.717, 1.165) is 11.3 Å². The van der Waals surface area contributed by atoms with Crippen molar-refractivity contribution in [2.45, 2.75) is 10.9 Å². The molecule has 7 heteroatoms. The molecule has 0 saturated heterocycles. The fraction of sp³-hybridized carbons (Fsp3) is 0.182. The molecule has 1 aliphatic heterocycles. The molecule has 3 rings (SSSR count). The number of rotatable bonds is 3. The van der Waals surface area contributed by atoms with Gasteiger partial charge in [-0.15, -0.1) is 0 Å². The standard InChI is InChI=1S/C11H11N3O3S/c15-18(16,8-5-12-13-6-8)14-10-7-17-11-4-2-1-3-9(10)11/h1-6,10,14H,7H2,(H,12,13). The zero-order chi connectivity index (χ0) is 12.6. The molecule has 6 nitrogen and oxygen atoms in total. The molecular weight excluding hydrogens is 254 g/mol. The summed E-state index contributed by atoms with van der Waals surface area (Å²) in [6.07, 6.45) is 2.61. The second-order valence-corrected chi connectivity index (χ2v) is 5.67. The molecule has 0 aliphatic carbocycles. The van der Waals surface area contributed by atoms with Crippen LogP contribution in [0, 0.1) is 0 Å². The summed E-state index contributed by atoms with van der Waals surface area (Å²) in [5, 5.41) is 6.11. The molecule has 2 aromatic rings. The third-order valence-corrected chi connectivity index (χ3v) is 4.22. The Kier molecular flexibility index (Phi) is 2.57. The van der Waals surface area contributed by atoms with Crippen LogP contribution in [0.2, 0.25) is 0 Å². The Morgan fingerprint density at radius 1 is 1.39 bits per heavy atom. The number of nitrogens with zero attached hydrogens (tertiary/aromatic N) is 1. The lowest BCUT2D eigenvalue weighted by Crippen LogP contribution is -2.29. The van der Waals surface area contributed by atoms with E-state index in [2.05, 4.69) is 14.9 Å². The highest BCUT2D eigenvalue weighted by Crippen LogP contribution is 2.32. The van der Waals surface area contributed by atoms with Crippen LogP contribution < -0.4 is 9.46 Å². The minimum atomic E-state index is -3.57. The molecule has 1 atom stereocenters. The molecule has 1 unspecified atom stereocenters. The van der Waals surface area contributed by atoms with Crippen LogP contribution in [0.3, 0.4) is 0 Å². The largest absolute Gasteiger partial charge is 0.491 e. The van der Waals surface area contributed by atoms with Crippen molar-refractivity contribution in [1.82, 2.24) is 14.9 Å². The van der Waals surface area contributed by atoms with Crippen LogP contribution >= 0.6 is 0 Å². The number of aromatic nitrogens is 2. The Hall–Kier alpha value is -1.86. The first-order valence-electron chi connectivity index (χ1n) is 5.40. The summed E-state index contributed by atoms with van der Waals surface area (Å²) in [6, 6.07) is 7.02. The van der Waals surface area contributed by atoms with Crippen molar-refractivity contribution in [2.24, 2.45) is 0 Å². The SMILES string of the molecule is O=S(=O)(NC1COc2ccccc21)c1cn[nH]c1. The van der Waals surface area contributed by atoms with Gasteiger partial charge in [0.15, 0.2) is 0 Å². The Morgan fingerprint density at radius 3 is 3.00 bits per heavy atom. The van der Waals surface area contributed by atoms with Crippen molar-refractivity contribution in [3.05, 3.63) is 42.2 Å². The molecule has 18 heavy (non-hydrogen) atoms. The number of hydrogen-bond donors (Lipinski definition) is 2. The maximum absolute atomic E-state index is 12.0. The second-order valence-electron chi connectivity index (χ2n) is 3.96. The average Bonchev–Trinajstić information content (AvgIpc) is 2.99. The summed E-state index contributed by atoms with van der Waals surface area (Å²) in [4.78, 5) is 0.117. The zero-order valence-electron chi connectivity index (χ0n) is 9.33. The van der Waals surface area contributed by atoms with E-state index in [0.29, 0.717) is 6.61 Å². The summed E-state index contributed by atoms with van der Waals surface area (Å²) >= 11 is 0. The fourth-order valence-electron chi connectivity index (χ4n) is 1.90. The highest BCUT2D eigenvalue weighted by molar-refractivity contribution is 7.89. The number of para-hydroxylation sites is 1. The van der Waals surface area contributed by atoms with Gasteiger partial charge in [0.1, 0.15) is 17.3 Å². The first-order valence-corrected chi connectivity index (χ1v) is 6.88. The number of hydrogen-bond acceptors (Lipinski definition) is 4. The predicted molar refractivity (Wildman–Crippen MR) is 63.6 cm³/mol. The number of aromatic amines is 1. The minimum Gasteiger partial charge on any atom is -0.491 e. The average molecular weight is 265 g/mol. The van der Waals surface area contributed by atoms with Crippen LogP contribution in [0.1, 0.15) is 11.6 Å². The quantitative estimate of drug-likeness (QED) is 0.860. The molecule has 94 valence electrons. The first kappa shape index (κ1) is 11.2. The molecule has 1 aliphatic rings. The van der Waals surface area contributed by atoms with Crippen LogP contribution in [-0.4, -0.2) is 25.2 Å². The Balaban J connectivity index is 1.88. The van der Waals surface area contributed by atoms with E-state index >= 15 is 0 Å². The smallest absolute Gasteiger partial charge is 0.244 e. The molecule has 0 saturated carbocycles. The van der Waals surface area contributed by atoms with Gasteiger partial charge >= 0.3 is 0 Å². The highest BCUT2D eigenvalue weighted by Gasteiger charge is 2.28. The number of benzene rings is 1. The summed E-state index contributed by atoms with van der Waals surface area (Å²) < 4.78 is 32.1. The zero-order valence-corrected chi connectivity index (χ0v) is 10.1. The summed E-state index contributed by atoms with van der Waals surface area (Å²) in [5.74, 6) is 0.720. The van der Waals surface area contributed by atoms with E-state index in [1.165, 1.54) is 12.4 Å². The van der Waals surface area contributed by atoms with Gasteiger partial charge in [-0.2, -0.15) is 9.82 Å². The van der Waals surface area contributed by atoms with Crippen LogP contribution in [0.4, 0.5) is 0 Å². The first-order chi connectivity index (χ1) is 8.67. The van der Waals surface area contributed by atoms with E-state index < -0.39 is 10.0 Å². The molecule has 1 aromatic carbocycles. The molecule has 2 N–H and O–H groups in total. The van der Waals surface area contributed by atoms with E-state index in [1.54, 1.807) is 0 Å². The lowest BCUT2D eigenvalue weighted by molar-refractivity contribution is 0.325. The van der Waals surface area contributed by atoms with Crippen molar-refractivity contribution in [3.63, 3.8) is 0 Å². The molecular formula is C11H11N3O3S. The lowest BCUT2D eigenvalue weighted by Gasteiger charge is -2.10. The maximum atomic E-state index is 12.0. The van der Waals surface area contributed by atoms with Crippen molar-refractivity contribution in [3.8, 4) is 5.75 Å². The van der Waals surface area contributed by atoms with Gasteiger partial charge in [0, 0.05) is 11.8 Å². The number of H-pyrrole nitrogens is 1. The predicted octanol–water partition coefficient (Wildman–Crippen LogP) is 0.822. The third-order valence-electron chi connectivity index (χ3n) is 2.78. The number of nitrogens with one attached hydrogen (secondary N) is 2. The van der Waals surface area contributed by atoms with Crippen molar-refractivity contribution < 1.29 is 13.2 Å². The van der Waals surface area contributed by atoms with Crippen molar-refractivity contribution >= 4 is 10.0 Å². The Bertz CT molecular complexity index is 652. The van der Waals surface area contributed by atoms with Gasteiger partial charge in [0.2, 0.25) is 10.0 Å². The highest BCUT2D eigenvalue weighted by atomic mass is 32.2. The Labute approximate surface area is 104 Å². The van der Waals surface area contributed by atoms with E-state index in [-0.39, 0.29) is 10.9 Å². The maximum Gasteiger partial charge on any atom is 0.244 e. The van der Waals surface area contributed by atoms with Crippen molar-refractivity contribution in [1.29, 1.82) is 0 Å². The summed E-state index contributed by atoms with van der Waals surface area (Å²) in [6.45, 7) is 0.302. The van der Waals surface area contributed by atoms with Gasteiger partial charge in [0.05, 0.1) is 12.2 Å². The Morgan fingerprint density at radius 2 is 2.22 bits per heavy atom. The van der Waals surface area contributed by atoms with E-state index in [1.807, 2.05) is 24.3 Å². The van der Waals surface area contributed by atoms with Crippen LogP contribution in [0.15, 0.2) is 41.6 Å². The molecule has 0 amide bonds. The summed E-state index contributed by atoms with van der Waals surface area (Å²) in [7, 11) is -3.57. The van der Waals surface area contributed by atoms with Gasteiger partial charge < -0.3 is 4.74 Å². The minimum absolute atomic E-state index is 0.117. The van der Waals surface area contributed by atoms with E-state index in [4.69, 9.17) is 4.74 Å². The monoisotopic (exact) mass is 265 g/mol. The molecule has 0 fully saturated rings. The van der Waals surface area contributed by atoms with Gasteiger partial charge in [-0.05, 0) is 6.07 Å². The van der Waals surface area contributed by atoms with Gasteiger partial charge in [-0.25, -0.2) is 8.42 Å². The molecule has 0 bridgehead atoms.